The minimum Gasteiger partial charge on any atom is -0.369 e. The van der Waals surface area contributed by atoms with Gasteiger partial charge in [0.1, 0.15) is 0 Å². The van der Waals surface area contributed by atoms with Gasteiger partial charge in [-0.3, -0.25) is 4.79 Å². The van der Waals surface area contributed by atoms with Crippen LogP contribution in [0.15, 0.2) is 22.7 Å². The summed E-state index contributed by atoms with van der Waals surface area (Å²) in [7, 11) is 4.25. The molecule has 98 valence electrons. The van der Waals surface area contributed by atoms with E-state index in [0.29, 0.717) is 6.04 Å². The maximum atomic E-state index is 11.3. The van der Waals surface area contributed by atoms with Crippen LogP contribution in [0.1, 0.15) is 23.7 Å². The Hall–Kier alpha value is -0.870. The summed E-state index contributed by atoms with van der Waals surface area (Å²) in [5, 5.41) is 0. The summed E-state index contributed by atoms with van der Waals surface area (Å²) >= 11 is 3.57. The van der Waals surface area contributed by atoms with Crippen molar-refractivity contribution in [2.45, 2.75) is 19.4 Å². The van der Waals surface area contributed by atoms with E-state index in [1.165, 1.54) is 12.1 Å². The lowest BCUT2D eigenvalue weighted by atomic mass is 10.1. The van der Waals surface area contributed by atoms with Crippen molar-refractivity contribution in [1.29, 1.82) is 0 Å². The summed E-state index contributed by atoms with van der Waals surface area (Å²) in [6, 6.07) is 6.48. The third-order valence-electron chi connectivity index (χ3n) is 3.59. The van der Waals surface area contributed by atoms with Gasteiger partial charge in [0.2, 0.25) is 0 Å². The number of carbonyl (C=O) groups is 1. The highest BCUT2D eigenvalue weighted by atomic mass is 79.9. The predicted octanol–water partition coefficient (Wildman–Crippen LogP) is 2.79. The smallest absolute Gasteiger partial charge is 0.159 e. The van der Waals surface area contributed by atoms with Crippen molar-refractivity contribution in [3.63, 3.8) is 0 Å². The van der Waals surface area contributed by atoms with E-state index in [9.17, 15) is 4.79 Å². The van der Waals surface area contributed by atoms with Gasteiger partial charge in [-0.2, -0.15) is 0 Å². The van der Waals surface area contributed by atoms with E-state index in [1.54, 1.807) is 6.92 Å². The van der Waals surface area contributed by atoms with Gasteiger partial charge in [-0.25, -0.2) is 0 Å². The van der Waals surface area contributed by atoms with Crippen LogP contribution in [0.2, 0.25) is 0 Å². The van der Waals surface area contributed by atoms with Crippen molar-refractivity contribution in [2.75, 3.05) is 32.1 Å². The van der Waals surface area contributed by atoms with Crippen molar-refractivity contribution in [1.82, 2.24) is 4.90 Å². The molecule has 1 atom stereocenters. The van der Waals surface area contributed by atoms with Gasteiger partial charge in [0.05, 0.1) is 5.69 Å². The number of hydrogen-bond donors (Lipinski definition) is 0. The van der Waals surface area contributed by atoms with Crippen molar-refractivity contribution < 1.29 is 4.79 Å². The van der Waals surface area contributed by atoms with Crippen LogP contribution in [0, 0.1) is 0 Å². The zero-order chi connectivity index (χ0) is 13.3. The van der Waals surface area contributed by atoms with Gasteiger partial charge in [0.25, 0.3) is 0 Å². The number of carbonyl (C=O) groups excluding carboxylic acids is 1. The molecule has 18 heavy (non-hydrogen) atoms. The second kappa shape index (κ2) is 5.41. The maximum Gasteiger partial charge on any atom is 0.159 e. The molecule has 1 aliphatic rings. The average molecular weight is 311 g/mol. The molecule has 0 spiro atoms. The molecule has 1 fully saturated rings. The Kier molecular flexibility index (Phi) is 4.07. The van der Waals surface area contributed by atoms with Gasteiger partial charge in [0.15, 0.2) is 5.78 Å². The summed E-state index contributed by atoms with van der Waals surface area (Å²) < 4.78 is 1.01. The molecule has 2 rings (SSSR count). The Morgan fingerprint density at radius 1 is 1.44 bits per heavy atom. The van der Waals surface area contributed by atoms with Gasteiger partial charge in [-0.05, 0) is 61.6 Å². The number of likely N-dealkylation sites (N-methyl/N-ethyl adjacent to an activating group) is 1. The van der Waals surface area contributed by atoms with Gasteiger partial charge in [-0.1, -0.05) is 0 Å². The molecule has 1 aromatic carbocycles. The fourth-order valence-corrected chi connectivity index (χ4v) is 2.99. The number of halogens is 1. The van der Waals surface area contributed by atoms with Gasteiger partial charge in [0, 0.05) is 29.2 Å². The molecule has 0 amide bonds. The Balaban J connectivity index is 2.18. The Morgan fingerprint density at radius 2 is 2.17 bits per heavy atom. The normalized spacial score (nSPS) is 19.6. The van der Waals surface area contributed by atoms with Crippen molar-refractivity contribution >= 4 is 27.4 Å². The molecule has 1 saturated heterocycles. The molecule has 1 heterocycles. The van der Waals surface area contributed by atoms with Gasteiger partial charge in [-0.15, -0.1) is 0 Å². The van der Waals surface area contributed by atoms with E-state index in [-0.39, 0.29) is 5.78 Å². The maximum absolute atomic E-state index is 11.3. The third kappa shape index (κ3) is 2.75. The van der Waals surface area contributed by atoms with Crippen LogP contribution in [-0.4, -0.2) is 43.9 Å². The zero-order valence-corrected chi connectivity index (χ0v) is 12.7. The lowest BCUT2D eigenvalue weighted by Crippen LogP contribution is -2.31. The molecule has 4 heteroatoms. The Morgan fingerprint density at radius 3 is 2.67 bits per heavy atom. The average Bonchev–Trinajstić information content (AvgIpc) is 2.78. The zero-order valence-electron chi connectivity index (χ0n) is 11.1. The molecule has 0 N–H and O–H groups in total. The molecule has 1 unspecified atom stereocenters. The van der Waals surface area contributed by atoms with E-state index in [4.69, 9.17) is 0 Å². The van der Waals surface area contributed by atoms with E-state index in [1.807, 2.05) is 18.2 Å². The second-order valence-corrected chi connectivity index (χ2v) is 5.93. The van der Waals surface area contributed by atoms with Crippen LogP contribution >= 0.6 is 15.9 Å². The summed E-state index contributed by atoms with van der Waals surface area (Å²) in [6.45, 7) is 3.71. The van der Waals surface area contributed by atoms with E-state index in [0.717, 1.165) is 23.1 Å². The van der Waals surface area contributed by atoms with Gasteiger partial charge < -0.3 is 9.80 Å². The van der Waals surface area contributed by atoms with E-state index >= 15 is 0 Å². The summed E-state index contributed by atoms with van der Waals surface area (Å²) in [4.78, 5) is 16.0. The molecule has 0 bridgehead atoms. The van der Waals surface area contributed by atoms with Gasteiger partial charge >= 0.3 is 0 Å². The van der Waals surface area contributed by atoms with Crippen LogP contribution in [0.4, 0.5) is 5.69 Å². The fourth-order valence-electron chi connectivity index (χ4n) is 2.36. The molecule has 0 aromatic heterocycles. The first-order valence-electron chi connectivity index (χ1n) is 6.21. The third-order valence-corrected chi connectivity index (χ3v) is 4.22. The summed E-state index contributed by atoms with van der Waals surface area (Å²) in [5.41, 5.74) is 1.94. The molecule has 1 aliphatic heterocycles. The van der Waals surface area contributed by atoms with Crippen LogP contribution in [0.3, 0.4) is 0 Å². The lowest BCUT2D eigenvalue weighted by Gasteiger charge is -2.23. The topological polar surface area (TPSA) is 23.6 Å². The highest BCUT2D eigenvalue weighted by molar-refractivity contribution is 9.10. The van der Waals surface area contributed by atoms with Crippen LogP contribution in [0.5, 0.6) is 0 Å². The Labute approximate surface area is 117 Å². The largest absolute Gasteiger partial charge is 0.369 e. The van der Waals surface area contributed by atoms with E-state index < -0.39 is 0 Å². The number of benzene rings is 1. The van der Waals surface area contributed by atoms with Crippen molar-refractivity contribution in [2.24, 2.45) is 0 Å². The number of Topliss-reactive ketones (excluding diaryl/α,β-unsaturated/α-hetero) is 1. The molecule has 0 aliphatic carbocycles. The molecular weight excluding hydrogens is 292 g/mol. The molecule has 0 radical (unpaired) electrons. The molecule has 1 aromatic rings. The van der Waals surface area contributed by atoms with E-state index in [2.05, 4.69) is 39.8 Å². The quantitative estimate of drug-likeness (QED) is 0.802. The fraction of sp³-hybridized carbons (Fsp3) is 0.500. The first kappa shape index (κ1) is 13.6. The Bertz CT molecular complexity index is 459. The molecular formula is C14H19BrN2O. The molecule has 0 saturated carbocycles. The standard InChI is InChI=1S/C14H19BrN2O/c1-10(18)11-4-5-14(13(15)8-11)17-7-6-12(9-17)16(2)3/h4-5,8,12H,6-7,9H2,1-3H3. The number of rotatable bonds is 3. The minimum atomic E-state index is 0.106. The number of hydrogen-bond acceptors (Lipinski definition) is 3. The number of ketones is 1. The monoisotopic (exact) mass is 310 g/mol. The summed E-state index contributed by atoms with van der Waals surface area (Å²) in [5.74, 6) is 0.106. The van der Waals surface area contributed by atoms with Crippen LogP contribution < -0.4 is 4.90 Å². The minimum absolute atomic E-state index is 0.106. The number of anilines is 1. The number of nitrogens with zero attached hydrogens (tertiary/aromatic N) is 2. The lowest BCUT2D eigenvalue weighted by molar-refractivity contribution is 0.101. The summed E-state index contributed by atoms with van der Waals surface area (Å²) in [6.07, 6.45) is 1.19. The first-order valence-corrected chi connectivity index (χ1v) is 7.00. The highest BCUT2D eigenvalue weighted by Gasteiger charge is 2.25. The van der Waals surface area contributed by atoms with Crippen LogP contribution in [-0.2, 0) is 0 Å². The van der Waals surface area contributed by atoms with Crippen LogP contribution in [0.25, 0.3) is 0 Å². The van der Waals surface area contributed by atoms with Crippen molar-refractivity contribution in [3.05, 3.63) is 28.2 Å². The first-order chi connectivity index (χ1) is 8.49. The second-order valence-electron chi connectivity index (χ2n) is 5.07. The highest BCUT2D eigenvalue weighted by Crippen LogP contribution is 2.30. The predicted molar refractivity (Wildman–Crippen MR) is 78.5 cm³/mol. The molecule has 3 nitrogen and oxygen atoms in total. The SMILES string of the molecule is CC(=O)c1ccc(N2CCC(N(C)C)C2)c(Br)c1. The van der Waals surface area contributed by atoms with Crippen molar-refractivity contribution in [3.8, 4) is 0 Å².